The maximum absolute atomic E-state index is 5.53. The Morgan fingerprint density at radius 2 is 2.12 bits per heavy atom. The van der Waals surface area contributed by atoms with Crippen LogP contribution in [-0.4, -0.2) is 29.7 Å². The molecular formula is C11H19N3O2. The maximum Gasteiger partial charge on any atom is 0.219 e. The summed E-state index contributed by atoms with van der Waals surface area (Å²) in [6.07, 6.45) is 0.0968. The second-order valence-corrected chi connectivity index (χ2v) is 3.56. The number of hydrogen-bond donors (Lipinski definition) is 1. The van der Waals surface area contributed by atoms with E-state index in [0.29, 0.717) is 24.9 Å². The minimum atomic E-state index is 0.0968. The predicted molar refractivity (Wildman–Crippen MR) is 62.7 cm³/mol. The van der Waals surface area contributed by atoms with E-state index in [0.717, 1.165) is 5.82 Å². The second kappa shape index (κ2) is 6.27. The molecule has 0 atom stereocenters. The van der Waals surface area contributed by atoms with Gasteiger partial charge in [-0.05, 0) is 20.8 Å². The Morgan fingerprint density at radius 3 is 2.69 bits per heavy atom. The van der Waals surface area contributed by atoms with Crippen LogP contribution in [0, 0.1) is 0 Å². The van der Waals surface area contributed by atoms with E-state index in [-0.39, 0.29) is 6.10 Å². The first-order valence-electron chi connectivity index (χ1n) is 5.45. The van der Waals surface area contributed by atoms with Crippen LogP contribution in [0.1, 0.15) is 26.6 Å². The molecule has 0 saturated heterocycles. The number of hydrogen-bond acceptors (Lipinski definition) is 5. The zero-order chi connectivity index (χ0) is 12.0. The maximum atomic E-state index is 5.53. The first-order chi connectivity index (χ1) is 7.65. The average Bonchev–Trinajstić information content (AvgIpc) is 2.25. The predicted octanol–water partition coefficient (Wildman–Crippen LogP) is 1.84. The zero-order valence-electron chi connectivity index (χ0n) is 10.3. The Balaban J connectivity index is 2.82. The van der Waals surface area contributed by atoms with Crippen molar-refractivity contribution in [2.45, 2.75) is 33.5 Å². The van der Waals surface area contributed by atoms with Gasteiger partial charge in [0.1, 0.15) is 12.4 Å². The highest BCUT2D eigenvalue weighted by Gasteiger charge is 2.06. The third-order valence-corrected chi connectivity index (χ3v) is 1.80. The second-order valence-electron chi connectivity index (χ2n) is 3.56. The SMILES string of the molecule is CCOCc1nc(NC)cc(OC(C)C)n1. The van der Waals surface area contributed by atoms with Crippen molar-refractivity contribution in [3.8, 4) is 5.88 Å². The van der Waals surface area contributed by atoms with Crippen molar-refractivity contribution in [3.63, 3.8) is 0 Å². The van der Waals surface area contributed by atoms with Gasteiger partial charge >= 0.3 is 0 Å². The molecule has 0 aliphatic carbocycles. The highest BCUT2D eigenvalue weighted by Crippen LogP contribution is 2.14. The molecule has 1 aromatic rings. The van der Waals surface area contributed by atoms with Crippen LogP contribution in [0.15, 0.2) is 6.07 Å². The van der Waals surface area contributed by atoms with Gasteiger partial charge in [-0.25, -0.2) is 4.98 Å². The topological polar surface area (TPSA) is 56.3 Å². The van der Waals surface area contributed by atoms with Gasteiger partial charge in [0.2, 0.25) is 5.88 Å². The first kappa shape index (κ1) is 12.7. The third kappa shape index (κ3) is 4.02. The van der Waals surface area contributed by atoms with E-state index in [1.807, 2.05) is 27.8 Å². The highest BCUT2D eigenvalue weighted by atomic mass is 16.5. The van der Waals surface area contributed by atoms with E-state index in [9.17, 15) is 0 Å². The molecule has 0 saturated carbocycles. The van der Waals surface area contributed by atoms with Crippen molar-refractivity contribution in [2.24, 2.45) is 0 Å². The Morgan fingerprint density at radius 1 is 1.38 bits per heavy atom. The van der Waals surface area contributed by atoms with Crippen LogP contribution in [0.4, 0.5) is 5.82 Å². The molecule has 0 aliphatic heterocycles. The lowest BCUT2D eigenvalue weighted by Crippen LogP contribution is -2.10. The van der Waals surface area contributed by atoms with Gasteiger partial charge in [-0.3, -0.25) is 0 Å². The van der Waals surface area contributed by atoms with E-state index < -0.39 is 0 Å². The zero-order valence-corrected chi connectivity index (χ0v) is 10.3. The number of ether oxygens (including phenoxy) is 2. The van der Waals surface area contributed by atoms with Crippen molar-refractivity contribution >= 4 is 5.82 Å². The fraction of sp³-hybridized carbons (Fsp3) is 0.636. The summed E-state index contributed by atoms with van der Waals surface area (Å²) in [7, 11) is 1.81. The number of nitrogens with one attached hydrogen (secondary N) is 1. The van der Waals surface area contributed by atoms with E-state index >= 15 is 0 Å². The van der Waals surface area contributed by atoms with Crippen molar-refractivity contribution in [2.75, 3.05) is 19.0 Å². The molecule has 0 aromatic carbocycles. The van der Waals surface area contributed by atoms with Gasteiger partial charge < -0.3 is 14.8 Å². The molecule has 0 aliphatic rings. The van der Waals surface area contributed by atoms with Crippen molar-refractivity contribution in [1.29, 1.82) is 0 Å². The Kier molecular flexibility index (Phi) is 4.98. The Labute approximate surface area is 96.2 Å². The van der Waals surface area contributed by atoms with E-state index in [4.69, 9.17) is 9.47 Å². The monoisotopic (exact) mass is 225 g/mol. The normalized spacial score (nSPS) is 10.6. The summed E-state index contributed by atoms with van der Waals surface area (Å²) in [6.45, 7) is 6.91. The number of aromatic nitrogens is 2. The van der Waals surface area contributed by atoms with Gasteiger partial charge in [0.15, 0.2) is 5.82 Å². The summed E-state index contributed by atoms with van der Waals surface area (Å²) in [5.41, 5.74) is 0. The van der Waals surface area contributed by atoms with Crippen LogP contribution in [-0.2, 0) is 11.3 Å². The first-order valence-corrected chi connectivity index (χ1v) is 5.45. The molecule has 16 heavy (non-hydrogen) atoms. The average molecular weight is 225 g/mol. The lowest BCUT2D eigenvalue weighted by molar-refractivity contribution is 0.127. The van der Waals surface area contributed by atoms with Crippen molar-refractivity contribution in [1.82, 2.24) is 9.97 Å². The Hall–Kier alpha value is -1.36. The van der Waals surface area contributed by atoms with Crippen LogP contribution in [0.2, 0.25) is 0 Å². The van der Waals surface area contributed by atoms with Gasteiger partial charge in [0, 0.05) is 19.7 Å². The van der Waals surface area contributed by atoms with Crippen molar-refractivity contribution < 1.29 is 9.47 Å². The van der Waals surface area contributed by atoms with E-state index in [2.05, 4.69) is 15.3 Å². The largest absolute Gasteiger partial charge is 0.475 e. The summed E-state index contributed by atoms with van der Waals surface area (Å²) in [5.74, 6) is 1.94. The Bertz CT molecular complexity index is 329. The van der Waals surface area contributed by atoms with Crippen molar-refractivity contribution in [3.05, 3.63) is 11.9 Å². The van der Waals surface area contributed by atoms with Crippen LogP contribution < -0.4 is 10.1 Å². The molecule has 1 N–H and O–H groups in total. The molecular weight excluding hydrogens is 206 g/mol. The smallest absolute Gasteiger partial charge is 0.219 e. The standard InChI is InChI=1S/C11H19N3O2/c1-5-15-7-10-13-9(12-4)6-11(14-10)16-8(2)3/h6,8H,5,7H2,1-4H3,(H,12,13,14). The van der Waals surface area contributed by atoms with Gasteiger partial charge in [-0.15, -0.1) is 0 Å². The molecule has 0 radical (unpaired) electrons. The van der Waals surface area contributed by atoms with Crippen LogP contribution in [0.3, 0.4) is 0 Å². The molecule has 1 rings (SSSR count). The molecule has 5 heteroatoms. The minimum Gasteiger partial charge on any atom is -0.475 e. The quantitative estimate of drug-likeness (QED) is 0.800. The highest BCUT2D eigenvalue weighted by molar-refractivity contribution is 5.37. The number of nitrogens with zero attached hydrogens (tertiary/aromatic N) is 2. The molecule has 5 nitrogen and oxygen atoms in total. The van der Waals surface area contributed by atoms with Gasteiger partial charge in [-0.2, -0.15) is 4.98 Å². The van der Waals surface area contributed by atoms with E-state index in [1.165, 1.54) is 0 Å². The summed E-state index contributed by atoms with van der Waals surface area (Å²) >= 11 is 0. The van der Waals surface area contributed by atoms with Gasteiger partial charge in [0.25, 0.3) is 0 Å². The van der Waals surface area contributed by atoms with Gasteiger partial charge in [0.05, 0.1) is 6.10 Å². The van der Waals surface area contributed by atoms with Crippen LogP contribution >= 0.6 is 0 Å². The molecule has 0 bridgehead atoms. The van der Waals surface area contributed by atoms with Crippen LogP contribution in [0.5, 0.6) is 5.88 Å². The fourth-order valence-corrected chi connectivity index (χ4v) is 1.16. The summed E-state index contributed by atoms with van der Waals surface area (Å²) in [4.78, 5) is 8.53. The summed E-state index contributed by atoms with van der Waals surface area (Å²) in [5, 5.41) is 2.97. The van der Waals surface area contributed by atoms with E-state index in [1.54, 1.807) is 6.07 Å². The van der Waals surface area contributed by atoms with Crippen LogP contribution in [0.25, 0.3) is 0 Å². The fourth-order valence-electron chi connectivity index (χ4n) is 1.16. The molecule has 1 heterocycles. The molecule has 90 valence electrons. The summed E-state index contributed by atoms with van der Waals surface area (Å²) in [6, 6.07) is 1.77. The number of rotatable bonds is 6. The third-order valence-electron chi connectivity index (χ3n) is 1.80. The molecule has 0 unspecified atom stereocenters. The lowest BCUT2D eigenvalue weighted by atomic mass is 10.4. The summed E-state index contributed by atoms with van der Waals surface area (Å²) < 4.78 is 10.8. The number of anilines is 1. The molecule has 0 fully saturated rings. The minimum absolute atomic E-state index is 0.0968. The van der Waals surface area contributed by atoms with Gasteiger partial charge in [-0.1, -0.05) is 0 Å². The molecule has 1 aromatic heterocycles. The lowest BCUT2D eigenvalue weighted by Gasteiger charge is -2.11. The molecule has 0 amide bonds. The molecule has 0 spiro atoms.